The van der Waals surface area contributed by atoms with Crippen LogP contribution < -0.4 is 20.5 Å². The van der Waals surface area contributed by atoms with Gasteiger partial charge in [-0.1, -0.05) is 0 Å². The Morgan fingerprint density at radius 2 is 1.76 bits per heavy atom. The molecule has 190 valence electrons. The first-order valence-corrected chi connectivity index (χ1v) is 12.2. The third-order valence-corrected chi connectivity index (χ3v) is 6.56. The summed E-state index contributed by atoms with van der Waals surface area (Å²) in [5.74, 6) is -0.565. The summed E-state index contributed by atoms with van der Waals surface area (Å²) in [4.78, 5) is 43.5. The van der Waals surface area contributed by atoms with Crippen LogP contribution in [-0.2, 0) is 4.74 Å². The van der Waals surface area contributed by atoms with E-state index in [9.17, 15) is 14.4 Å². The molecule has 4 aromatic rings. The van der Waals surface area contributed by atoms with Gasteiger partial charge in [0.15, 0.2) is 12.4 Å². The van der Waals surface area contributed by atoms with Crippen LogP contribution in [0.25, 0.3) is 10.2 Å². The molecule has 10 heteroatoms. The van der Waals surface area contributed by atoms with Gasteiger partial charge in [-0.15, -0.1) is 11.3 Å². The molecule has 0 aliphatic heterocycles. The Kier molecular flexibility index (Phi) is 7.69. The zero-order valence-electron chi connectivity index (χ0n) is 20.5. The molecule has 0 spiro atoms. The minimum atomic E-state index is -0.724. The van der Waals surface area contributed by atoms with Crippen molar-refractivity contribution in [3.8, 4) is 11.5 Å². The number of ether oxygens (including phenoxy) is 3. The summed E-state index contributed by atoms with van der Waals surface area (Å²) in [6, 6.07) is 14.7. The Labute approximate surface area is 217 Å². The largest absolute Gasteiger partial charge is 0.495 e. The highest BCUT2D eigenvalue weighted by atomic mass is 32.1. The summed E-state index contributed by atoms with van der Waals surface area (Å²) in [5, 5.41) is 3.44. The highest BCUT2D eigenvalue weighted by Gasteiger charge is 2.20. The number of nitrogens with two attached hydrogens (primary N) is 1. The number of aryl methyl sites for hydroxylation is 1. The van der Waals surface area contributed by atoms with Crippen LogP contribution in [0.4, 0.5) is 11.4 Å². The second-order valence-corrected chi connectivity index (χ2v) is 8.98. The maximum Gasteiger partial charge on any atom is 0.338 e. The Bertz CT molecular complexity index is 1480. The Morgan fingerprint density at radius 1 is 1.03 bits per heavy atom. The van der Waals surface area contributed by atoms with Crippen molar-refractivity contribution in [2.24, 2.45) is 0 Å². The summed E-state index contributed by atoms with van der Waals surface area (Å²) in [6.45, 7) is 3.80. The second kappa shape index (κ2) is 11.1. The molecule has 37 heavy (non-hydrogen) atoms. The molecule has 2 aromatic carbocycles. The lowest BCUT2D eigenvalue weighted by Gasteiger charge is -2.12. The van der Waals surface area contributed by atoms with Crippen LogP contribution in [0.15, 0.2) is 54.6 Å². The lowest BCUT2D eigenvalue weighted by atomic mass is 10.1. The number of Topliss-reactive ketones (excluding diaryl/α,β-unsaturated/α-hetero) is 1. The van der Waals surface area contributed by atoms with Crippen LogP contribution in [0.5, 0.6) is 11.5 Å². The molecule has 3 N–H and O–H groups in total. The summed E-state index contributed by atoms with van der Waals surface area (Å²) in [5.41, 5.74) is 8.12. The number of carbonyl (C=O) groups excluding carboxylic acids is 3. The number of anilines is 2. The van der Waals surface area contributed by atoms with Crippen molar-refractivity contribution in [3.05, 3.63) is 76.3 Å². The van der Waals surface area contributed by atoms with Gasteiger partial charge in [0.25, 0.3) is 5.91 Å². The van der Waals surface area contributed by atoms with Crippen LogP contribution >= 0.6 is 11.3 Å². The van der Waals surface area contributed by atoms with E-state index in [2.05, 4.69) is 10.3 Å². The van der Waals surface area contributed by atoms with Gasteiger partial charge in [0, 0.05) is 16.6 Å². The molecule has 0 aliphatic rings. The quantitative estimate of drug-likeness (QED) is 0.236. The van der Waals surface area contributed by atoms with Gasteiger partial charge in [-0.2, -0.15) is 0 Å². The second-order valence-electron chi connectivity index (χ2n) is 7.98. The maximum atomic E-state index is 13.0. The molecule has 2 heterocycles. The summed E-state index contributed by atoms with van der Waals surface area (Å²) >= 11 is 1.18. The van der Waals surface area contributed by atoms with Crippen LogP contribution in [0.2, 0.25) is 0 Å². The predicted octanol–water partition coefficient (Wildman–Crippen LogP) is 4.89. The van der Waals surface area contributed by atoms with Crippen molar-refractivity contribution in [1.29, 1.82) is 0 Å². The number of nitrogens with one attached hydrogen (secondary N) is 1. The zero-order valence-corrected chi connectivity index (χ0v) is 21.3. The van der Waals surface area contributed by atoms with Gasteiger partial charge in [0.2, 0.25) is 0 Å². The van der Waals surface area contributed by atoms with Crippen LogP contribution in [0.3, 0.4) is 0 Å². The Balaban J connectivity index is 1.47. The lowest BCUT2D eigenvalue weighted by Crippen LogP contribution is -2.16. The number of rotatable bonds is 9. The lowest BCUT2D eigenvalue weighted by molar-refractivity contribution is 0.0474. The molecule has 1 amide bonds. The van der Waals surface area contributed by atoms with Gasteiger partial charge in [-0.25, -0.2) is 9.78 Å². The summed E-state index contributed by atoms with van der Waals surface area (Å²) in [6.07, 6.45) is 0. The van der Waals surface area contributed by atoms with Gasteiger partial charge in [-0.05, 0) is 68.4 Å². The minimum absolute atomic E-state index is 0.136. The third-order valence-electron chi connectivity index (χ3n) is 5.44. The van der Waals surface area contributed by atoms with Crippen LogP contribution in [0, 0.1) is 6.92 Å². The van der Waals surface area contributed by atoms with E-state index in [-0.39, 0.29) is 17.0 Å². The number of thiophene rings is 1. The number of methoxy groups -OCH3 is 1. The monoisotopic (exact) mass is 519 g/mol. The highest BCUT2D eigenvalue weighted by Crippen LogP contribution is 2.34. The predicted molar refractivity (Wildman–Crippen MR) is 142 cm³/mol. The van der Waals surface area contributed by atoms with Crippen molar-refractivity contribution >= 4 is 50.6 Å². The number of amides is 1. The van der Waals surface area contributed by atoms with E-state index in [1.54, 1.807) is 24.3 Å². The van der Waals surface area contributed by atoms with E-state index >= 15 is 0 Å². The number of esters is 1. The van der Waals surface area contributed by atoms with E-state index in [1.807, 2.05) is 26.0 Å². The van der Waals surface area contributed by atoms with Gasteiger partial charge >= 0.3 is 5.97 Å². The molecule has 9 nitrogen and oxygen atoms in total. The molecule has 0 radical (unpaired) electrons. The average Bonchev–Trinajstić information content (AvgIpc) is 3.23. The number of aromatic nitrogens is 1. The fourth-order valence-corrected chi connectivity index (χ4v) is 4.61. The number of nitrogen functional groups attached to an aromatic ring is 1. The topological polar surface area (TPSA) is 130 Å². The molecule has 0 fully saturated rings. The summed E-state index contributed by atoms with van der Waals surface area (Å²) in [7, 11) is 1.44. The first-order chi connectivity index (χ1) is 17.8. The number of ketones is 1. The smallest absolute Gasteiger partial charge is 0.338 e. The SMILES string of the molecule is CCOc1ccc(C(=O)COC(=O)c2ccc(OC)c(NC(=O)c3sc4nc(C)ccc4c3N)c2)cc1. The van der Waals surface area contributed by atoms with E-state index < -0.39 is 18.5 Å². The van der Waals surface area contributed by atoms with Crippen molar-refractivity contribution in [1.82, 2.24) is 4.98 Å². The average molecular weight is 520 g/mol. The summed E-state index contributed by atoms with van der Waals surface area (Å²) < 4.78 is 15.9. The number of carbonyl (C=O) groups is 3. The third kappa shape index (κ3) is 5.70. The maximum absolute atomic E-state index is 13.0. The number of hydrogen-bond donors (Lipinski definition) is 2. The van der Waals surface area contributed by atoms with Gasteiger partial charge in [0.1, 0.15) is 21.2 Å². The van der Waals surface area contributed by atoms with Gasteiger partial charge < -0.3 is 25.3 Å². The Morgan fingerprint density at radius 3 is 2.46 bits per heavy atom. The molecule has 0 atom stereocenters. The van der Waals surface area contributed by atoms with Crippen molar-refractivity contribution in [2.75, 3.05) is 31.4 Å². The molecule has 0 unspecified atom stereocenters. The minimum Gasteiger partial charge on any atom is -0.495 e. The van der Waals surface area contributed by atoms with Crippen molar-refractivity contribution in [3.63, 3.8) is 0 Å². The van der Waals surface area contributed by atoms with Crippen molar-refractivity contribution in [2.45, 2.75) is 13.8 Å². The molecule has 0 saturated carbocycles. The van der Waals surface area contributed by atoms with E-state index in [4.69, 9.17) is 19.9 Å². The van der Waals surface area contributed by atoms with Crippen LogP contribution in [-0.4, -0.2) is 43.0 Å². The number of nitrogens with zero attached hydrogens (tertiary/aromatic N) is 1. The molecule has 0 aliphatic carbocycles. The first-order valence-electron chi connectivity index (χ1n) is 11.4. The fraction of sp³-hybridized carbons (Fsp3) is 0.185. The number of pyridine rings is 1. The van der Waals surface area contributed by atoms with E-state index in [0.29, 0.717) is 44.5 Å². The number of hydrogen-bond acceptors (Lipinski definition) is 9. The normalized spacial score (nSPS) is 10.7. The molecule has 4 rings (SSSR count). The fourth-order valence-electron chi connectivity index (χ4n) is 3.57. The first kappa shape index (κ1) is 25.6. The standard InChI is InChI=1S/C27H25N3O6S/c1-4-35-18-9-6-16(7-10-18)21(31)14-36-27(33)17-8-12-22(34-3)20(13-17)30-25(32)24-23(28)19-11-5-15(2)29-26(19)37-24/h5-13H,4,14,28H2,1-3H3,(H,30,32). The number of fused-ring (bicyclic) bond motifs is 1. The van der Waals surface area contributed by atoms with Crippen LogP contribution in [0.1, 0.15) is 43.0 Å². The molecule has 2 aromatic heterocycles. The molecular formula is C27H25N3O6S. The molecule has 0 bridgehead atoms. The highest BCUT2D eigenvalue weighted by molar-refractivity contribution is 7.21. The molecular weight excluding hydrogens is 494 g/mol. The number of benzene rings is 2. The van der Waals surface area contributed by atoms with E-state index in [1.165, 1.54) is 36.6 Å². The Hall–Kier alpha value is -4.44. The zero-order chi connectivity index (χ0) is 26.5. The van der Waals surface area contributed by atoms with Gasteiger partial charge in [0.05, 0.1) is 30.7 Å². The van der Waals surface area contributed by atoms with Crippen molar-refractivity contribution < 1.29 is 28.6 Å². The van der Waals surface area contributed by atoms with E-state index in [0.717, 1.165) is 5.69 Å². The molecule has 0 saturated heterocycles. The van der Waals surface area contributed by atoms with Gasteiger partial charge in [-0.3, -0.25) is 9.59 Å².